The standard InChI is InChI=1S/C13H18BrIO2/c1-3-16-9-10(2)17-13(8-15)11-6-4-5-7-12(11)14/h4-7,10,13H,3,8-9H2,1-2H3. The zero-order chi connectivity index (χ0) is 12.7. The molecule has 2 nitrogen and oxygen atoms in total. The Kier molecular flexibility index (Phi) is 7.66. The van der Waals surface area contributed by atoms with E-state index < -0.39 is 0 Å². The van der Waals surface area contributed by atoms with Gasteiger partial charge >= 0.3 is 0 Å². The maximum Gasteiger partial charge on any atom is 0.0929 e. The van der Waals surface area contributed by atoms with E-state index in [4.69, 9.17) is 9.47 Å². The molecule has 0 radical (unpaired) electrons. The summed E-state index contributed by atoms with van der Waals surface area (Å²) >= 11 is 5.92. The number of ether oxygens (including phenoxy) is 2. The van der Waals surface area contributed by atoms with E-state index in [0.29, 0.717) is 6.61 Å². The molecule has 0 N–H and O–H groups in total. The molecular formula is C13H18BrIO2. The molecule has 0 spiro atoms. The zero-order valence-corrected chi connectivity index (χ0v) is 13.9. The lowest BCUT2D eigenvalue weighted by Crippen LogP contribution is -2.20. The van der Waals surface area contributed by atoms with Gasteiger partial charge < -0.3 is 9.47 Å². The van der Waals surface area contributed by atoms with Crippen LogP contribution in [0.3, 0.4) is 0 Å². The first-order valence-corrected chi connectivity index (χ1v) is 8.04. The Bertz CT molecular complexity index is 333. The smallest absolute Gasteiger partial charge is 0.0929 e. The average Bonchev–Trinajstić information content (AvgIpc) is 2.34. The van der Waals surface area contributed by atoms with E-state index in [9.17, 15) is 0 Å². The minimum Gasteiger partial charge on any atom is -0.379 e. The molecule has 0 fully saturated rings. The van der Waals surface area contributed by atoms with Crippen molar-refractivity contribution in [2.24, 2.45) is 0 Å². The summed E-state index contributed by atoms with van der Waals surface area (Å²) in [6.07, 6.45) is 0.225. The average molecular weight is 413 g/mol. The largest absolute Gasteiger partial charge is 0.379 e. The fourth-order valence-electron chi connectivity index (χ4n) is 1.53. The van der Waals surface area contributed by atoms with E-state index in [1.807, 2.05) is 32.0 Å². The van der Waals surface area contributed by atoms with Crippen molar-refractivity contribution < 1.29 is 9.47 Å². The number of hydrogen-bond donors (Lipinski definition) is 0. The highest BCUT2D eigenvalue weighted by molar-refractivity contribution is 14.1. The topological polar surface area (TPSA) is 18.5 Å². The Labute approximate surface area is 125 Å². The molecule has 0 saturated carbocycles. The summed E-state index contributed by atoms with van der Waals surface area (Å²) in [6, 6.07) is 8.20. The van der Waals surface area contributed by atoms with Crippen LogP contribution in [0.5, 0.6) is 0 Å². The highest BCUT2D eigenvalue weighted by Crippen LogP contribution is 2.28. The normalized spacial score (nSPS) is 14.6. The van der Waals surface area contributed by atoms with Gasteiger partial charge in [0.05, 0.1) is 18.8 Å². The fourth-order valence-corrected chi connectivity index (χ4v) is 2.75. The minimum atomic E-state index is 0.113. The predicted molar refractivity (Wildman–Crippen MR) is 82.8 cm³/mol. The van der Waals surface area contributed by atoms with E-state index in [-0.39, 0.29) is 12.2 Å². The number of rotatable bonds is 7. The second kappa shape index (κ2) is 8.45. The lowest BCUT2D eigenvalue weighted by molar-refractivity contribution is -0.0379. The molecule has 4 heteroatoms. The van der Waals surface area contributed by atoms with Crippen LogP contribution in [0, 0.1) is 0 Å². The molecule has 1 aromatic rings. The molecule has 0 aliphatic carbocycles. The first kappa shape index (κ1) is 15.4. The van der Waals surface area contributed by atoms with Crippen molar-refractivity contribution >= 4 is 38.5 Å². The predicted octanol–water partition coefficient (Wildman–Crippen LogP) is 4.37. The summed E-state index contributed by atoms with van der Waals surface area (Å²) in [5, 5.41) is 0. The van der Waals surface area contributed by atoms with Crippen LogP contribution in [-0.4, -0.2) is 23.7 Å². The van der Waals surface area contributed by atoms with Crippen molar-refractivity contribution in [2.45, 2.75) is 26.1 Å². The Morgan fingerprint density at radius 2 is 2.06 bits per heavy atom. The van der Waals surface area contributed by atoms with Crippen LogP contribution in [0.4, 0.5) is 0 Å². The van der Waals surface area contributed by atoms with Crippen LogP contribution < -0.4 is 0 Å². The van der Waals surface area contributed by atoms with Crippen LogP contribution in [0.25, 0.3) is 0 Å². The summed E-state index contributed by atoms with van der Waals surface area (Å²) in [4.78, 5) is 0. The Morgan fingerprint density at radius 1 is 1.35 bits per heavy atom. The molecule has 2 atom stereocenters. The van der Waals surface area contributed by atoms with Crippen molar-refractivity contribution in [1.82, 2.24) is 0 Å². The summed E-state index contributed by atoms with van der Waals surface area (Å²) in [5.74, 6) is 0. The van der Waals surface area contributed by atoms with Crippen molar-refractivity contribution in [3.8, 4) is 0 Å². The molecule has 0 heterocycles. The lowest BCUT2D eigenvalue weighted by atomic mass is 10.1. The molecule has 2 unspecified atom stereocenters. The second-order valence-electron chi connectivity index (χ2n) is 3.77. The molecule has 0 aromatic heterocycles. The van der Waals surface area contributed by atoms with Gasteiger partial charge in [0.1, 0.15) is 0 Å². The van der Waals surface area contributed by atoms with E-state index in [0.717, 1.165) is 15.5 Å². The summed E-state index contributed by atoms with van der Waals surface area (Å²) in [6.45, 7) is 5.42. The van der Waals surface area contributed by atoms with Crippen LogP contribution >= 0.6 is 38.5 Å². The monoisotopic (exact) mass is 412 g/mol. The van der Waals surface area contributed by atoms with Gasteiger partial charge in [-0.2, -0.15) is 0 Å². The highest BCUT2D eigenvalue weighted by atomic mass is 127. The van der Waals surface area contributed by atoms with E-state index in [2.05, 4.69) is 44.6 Å². The maximum atomic E-state index is 6.01. The molecule has 0 aliphatic heterocycles. The molecule has 0 saturated heterocycles. The summed E-state index contributed by atoms with van der Waals surface area (Å²) in [7, 11) is 0. The third kappa shape index (κ3) is 5.24. The summed E-state index contributed by atoms with van der Waals surface area (Å²) in [5.41, 5.74) is 1.20. The molecule has 1 aromatic carbocycles. The van der Waals surface area contributed by atoms with Crippen LogP contribution in [0.15, 0.2) is 28.7 Å². The van der Waals surface area contributed by atoms with Gasteiger partial charge in [-0.3, -0.25) is 0 Å². The van der Waals surface area contributed by atoms with Crippen LogP contribution in [0.1, 0.15) is 25.5 Å². The molecule has 1 rings (SSSR count). The maximum absolute atomic E-state index is 6.01. The van der Waals surface area contributed by atoms with Crippen molar-refractivity contribution in [1.29, 1.82) is 0 Å². The first-order chi connectivity index (χ1) is 8.19. The fraction of sp³-hybridized carbons (Fsp3) is 0.538. The van der Waals surface area contributed by atoms with Gasteiger partial charge in [0.15, 0.2) is 0 Å². The van der Waals surface area contributed by atoms with Crippen LogP contribution in [-0.2, 0) is 9.47 Å². The van der Waals surface area contributed by atoms with Crippen LogP contribution in [0.2, 0.25) is 0 Å². The number of alkyl halides is 1. The second-order valence-corrected chi connectivity index (χ2v) is 5.51. The Morgan fingerprint density at radius 3 is 2.65 bits per heavy atom. The Balaban J connectivity index is 2.62. The van der Waals surface area contributed by atoms with Gasteiger partial charge in [-0.1, -0.05) is 56.7 Å². The molecule has 0 amide bonds. The minimum absolute atomic E-state index is 0.113. The van der Waals surface area contributed by atoms with Crippen molar-refractivity contribution in [3.63, 3.8) is 0 Å². The zero-order valence-electron chi connectivity index (χ0n) is 10.2. The highest BCUT2D eigenvalue weighted by Gasteiger charge is 2.16. The van der Waals surface area contributed by atoms with Crippen molar-refractivity contribution in [3.05, 3.63) is 34.3 Å². The van der Waals surface area contributed by atoms with Gasteiger partial charge in [-0.25, -0.2) is 0 Å². The molecule has 17 heavy (non-hydrogen) atoms. The number of benzene rings is 1. The van der Waals surface area contributed by atoms with Gasteiger partial charge in [0.2, 0.25) is 0 Å². The molecule has 0 bridgehead atoms. The van der Waals surface area contributed by atoms with E-state index in [1.165, 1.54) is 5.56 Å². The van der Waals surface area contributed by atoms with Gasteiger partial charge in [0, 0.05) is 15.5 Å². The number of halogens is 2. The van der Waals surface area contributed by atoms with E-state index in [1.54, 1.807) is 0 Å². The molecule has 96 valence electrons. The van der Waals surface area contributed by atoms with E-state index >= 15 is 0 Å². The van der Waals surface area contributed by atoms with Gasteiger partial charge in [0.25, 0.3) is 0 Å². The third-order valence-corrected chi connectivity index (χ3v) is 3.87. The van der Waals surface area contributed by atoms with Gasteiger partial charge in [-0.15, -0.1) is 0 Å². The lowest BCUT2D eigenvalue weighted by Gasteiger charge is -2.22. The summed E-state index contributed by atoms with van der Waals surface area (Å²) < 4.78 is 13.4. The molecule has 0 aliphatic rings. The Hall–Kier alpha value is 0.350. The third-order valence-electron chi connectivity index (χ3n) is 2.35. The number of hydrogen-bond acceptors (Lipinski definition) is 2. The SMILES string of the molecule is CCOCC(C)OC(CI)c1ccccc1Br. The first-order valence-electron chi connectivity index (χ1n) is 5.72. The van der Waals surface area contributed by atoms with Crippen molar-refractivity contribution in [2.75, 3.05) is 17.6 Å². The quantitative estimate of drug-likeness (QED) is 0.489. The van der Waals surface area contributed by atoms with Gasteiger partial charge in [-0.05, 0) is 25.5 Å². The molecular weight excluding hydrogens is 395 g/mol.